The average Bonchev–Trinajstić information content (AvgIpc) is 2.05. The van der Waals surface area contributed by atoms with Crippen LogP contribution in [0.3, 0.4) is 0 Å². The molecule has 1 atom stereocenters. The molecule has 0 saturated carbocycles. The monoisotopic (exact) mass is 302 g/mol. The Hall–Kier alpha value is 0.798. The van der Waals surface area contributed by atoms with Crippen molar-refractivity contribution in [3.63, 3.8) is 0 Å². The molecule has 0 rings (SSSR count). The van der Waals surface area contributed by atoms with Crippen LogP contribution in [-0.2, 0) is 33.7 Å². The van der Waals surface area contributed by atoms with Crippen molar-refractivity contribution in [2.24, 2.45) is 5.92 Å². The molecule has 0 fully saturated rings. The smallest absolute Gasteiger partial charge is 0.0160 e. The van der Waals surface area contributed by atoms with E-state index in [1.807, 2.05) is 0 Å². The molecule has 1 unspecified atom stereocenters. The number of unbranched alkanes of at least 4 members (excludes halogenated alkanes) is 1. The molecule has 0 amide bonds. The van der Waals surface area contributed by atoms with E-state index in [2.05, 4.69) is 19.2 Å². The third-order valence-corrected chi connectivity index (χ3v) is 2.37. The van der Waals surface area contributed by atoms with Crippen molar-refractivity contribution in [1.82, 2.24) is 5.32 Å². The summed E-state index contributed by atoms with van der Waals surface area (Å²) in [6, 6.07) is 0. The molecule has 1 N–H and O–H groups in total. The Morgan fingerprint density at radius 2 is 2.08 bits per heavy atom. The molecule has 1 nitrogen and oxygen atoms in total. The normalized spacial score (nSPS) is 11.5. The number of thiocarbonyl (C=S) groups is 1. The third-order valence-electron chi connectivity index (χ3n) is 2.08. The zero-order valence-corrected chi connectivity index (χ0v) is 12.0. The molecule has 78 valence electrons. The van der Waals surface area contributed by atoms with Crippen LogP contribution in [0.1, 0.15) is 39.5 Å². The first-order valence-electron chi connectivity index (χ1n) is 4.65. The summed E-state index contributed by atoms with van der Waals surface area (Å²) < 4.78 is 0.505. The van der Waals surface area contributed by atoms with Crippen molar-refractivity contribution >= 4 is 29.2 Å². The van der Waals surface area contributed by atoms with Gasteiger partial charge in [-0.2, -0.15) is 0 Å². The van der Waals surface area contributed by atoms with Crippen LogP contribution in [0.5, 0.6) is 0 Å². The van der Waals surface area contributed by atoms with E-state index < -0.39 is 0 Å². The summed E-state index contributed by atoms with van der Waals surface area (Å²) >= 11 is 9.56. The molecule has 0 heterocycles. The maximum atomic E-state index is 4.78. The van der Waals surface area contributed by atoms with Crippen molar-refractivity contribution in [3.8, 4) is 0 Å². The van der Waals surface area contributed by atoms with Crippen LogP contribution in [0.15, 0.2) is 0 Å². The first-order chi connectivity index (χ1) is 5.70. The van der Waals surface area contributed by atoms with Gasteiger partial charge in [0.25, 0.3) is 0 Å². The SMILES string of the molecule is CCCCC(CC)CNC(=S)[S-].[Mo]. The van der Waals surface area contributed by atoms with Crippen LogP contribution in [0.25, 0.3) is 0 Å². The van der Waals surface area contributed by atoms with Crippen LogP contribution in [0.4, 0.5) is 0 Å². The van der Waals surface area contributed by atoms with Crippen LogP contribution in [0.2, 0.25) is 0 Å². The number of hydrogen-bond acceptors (Lipinski definition) is 2. The van der Waals surface area contributed by atoms with Gasteiger partial charge in [0.1, 0.15) is 0 Å². The van der Waals surface area contributed by atoms with Gasteiger partial charge in [-0.1, -0.05) is 37.4 Å². The summed E-state index contributed by atoms with van der Waals surface area (Å²) in [5, 5.41) is 3.05. The fourth-order valence-corrected chi connectivity index (χ4v) is 1.34. The Labute approximate surface area is 107 Å². The topological polar surface area (TPSA) is 12.0 Å². The molecular weight excluding hydrogens is 282 g/mol. The Balaban J connectivity index is 0. The second-order valence-electron chi connectivity index (χ2n) is 3.08. The minimum Gasteiger partial charge on any atom is -0.412 e. The minimum absolute atomic E-state index is 0. The largest absolute Gasteiger partial charge is 0.412 e. The zero-order valence-electron chi connectivity index (χ0n) is 8.34. The molecular formula is C9H18MoNS2-. The van der Waals surface area contributed by atoms with Gasteiger partial charge in [0.05, 0.1) is 0 Å². The van der Waals surface area contributed by atoms with E-state index in [-0.39, 0.29) is 21.1 Å². The third kappa shape index (κ3) is 10.7. The van der Waals surface area contributed by atoms with Crippen LogP contribution >= 0.6 is 12.2 Å². The van der Waals surface area contributed by atoms with E-state index >= 15 is 0 Å². The van der Waals surface area contributed by atoms with Gasteiger partial charge in [-0.3, -0.25) is 0 Å². The second kappa shape index (κ2) is 10.9. The molecule has 0 radical (unpaired) electrons. The van der Waals surface area contributed by atoms with Gasteiger partial charge in [-0.25, -0.2) is 0 Å². The van der Waals surface area contributed by atoms with Crippen LogP contribution < -0.4 is 5.32 Å². The summed E-state index contributed by atoms with van der Waals surface area (Å²) in [6.45, 7) is 5.39. The predicted octanol–water partition coefficient (Wildman–Crippen LogP) is 2.62. The maximum Gasteiger partial charge on any atom is 0.0160 e. The molecule has 0 aromatic carbocycles. The molecule has 0 aliphatic rings. The van der Waals surface area contributed by atoms with Gasteiger partial charge >= 0.3 is 0 Å². The Morgan fingerprint density at radius 1 is 1.46 bits per heavy atom. The van der Waals surface area contributed by atoms with Crippen molar-refractivity contribution in [3.05, 3.63) is 0 Å². The van der Waals surface area contributed by atoms with Crippen molar-refractivity contribution < 1.29 is 21.1 Å². The van der Waals surface area contributed by atoms with Gasteiger partial charge in [-0.15, -0.1) is 0 Å². The molecule has 0 saturated heterocycles. The molecule has 0 aliphatic heterocycles. The quantitative estimate of drug-likeness (QED) is 0.460. The minimum atomic E-state index is 0. The number of hydrogen-bond donors (Lipinski definition) is 1. The number of rotatable bonds is 6. The fraction of sp³-hybridized carbons (Fsp3) is 0.889. The second-order valence-corrected chi connectivity index (χ2v) is 4.16. The molecule has 13 heavy (non-hydrogen) atoms. The van der Waals surface area contributed by atoms with E-state index in [4.69, 9.17) is 24.8 Å². The maximum absolute atomic E-state index is 4.78. The molecule has 0 bridgehead atoms. The zero-order chi connectivity index (χ0) is 9.40. The first-order valence-corrected chi connectivity index (χ1v) is 5.47. The van der Waals surface area contributed by atoms with E-state index in [9.17, 15) is 0 Å². The van der Waals surface area contributed by atoms with E-state index in [0.29, 0.717) is 4.32 Å². The molecule has 0 aliphatic carbocycles. The van der Waals surface area contributed by atoms with Crippen molar-refractivity contribution in [2.75, 3.05) is 6.54 Å². The summed E-state index contributed by atoms with van der Waals surface area (Å²) in [5.74, 6) is 0.742. The Bertz CT molecular complexity index is 131. The van der Waals surface area contributed by atoms with Gasteiger partial charge in [0.2, 0.25) is 0 Å². The van der Waals surface area contributed by atoms with Crippen molar-refractivity contribution in [1.29, 1.82) is 0 Å². The van der Waals surface area contributed by atoms with Crippen LogP contribution in [0, 0.1) is 5.92 Å². The van der Waals surface area contributed by atoms with Gasteiger partial charge in [-0.05, 0) is 12.3 Å². The number of nitrogens with one attached hydrogen (secondary N) is 1. The molecule has 0 aromatic rings. The molecule has 0 aromatic heterocycles. The summed E-state index contributed by atoms with van der Waals surface area (Å²) in [7, 11) is 0. The van der Waals surface area contributed by atoms with Gasteiger partial charge in [0.15, 0.2) is 0 Å². The summed E-state index contributed by atoms with van der Waals surface area (Å²) in [5.41, 5.74) is 0. The average molecular weight is 300 g/mol. The Morgan fingerprint density at radius 3 is 2.46 bits per heavy atom. The standard InChI is InChI=1S/C9H19NS2.Mo/c1-3-5-6-8(4-2)7-10-9(11)12;/h8H,3-7H2,1-2H3,(H2,10,11,12);/p-1. The summed E-state index contributed by atoms with van der Waals surface area (Å²) in [6.07, 6.45) is 5.09. The van der Waals surface area contributed by atoms with E-state index in [0.717, 1.165) is 12.5 Å². The molecule has 0 spiro atoms. The predicted molar refractivity (Wildman–Crippen MR) is 61.3 cm³/mol. The Kier molecular flexibility index (Phi) is 13.6. The van der Waals surface area contributed by atoms with Crippen LogP contribution in [-0.4, -0.2) is 10.9 Å². The summed E-state index contributed by atoms with van der Waals surface area (Å²) in [4.78, 5) is 0. The van der Waals surface area contributed by atoms with Crippen molar-refractivity contribution in [2.45, 2.75) is 39.5 Å². The first kappa shape index (κ1) is 16.2. The fourth-order valence-electron chi connectivity index (χ4n) is 1.17. The molecule has 4 heteroatoms. The van der Waals surface area contributed by atoms with Gasteiger partial charge in [0, 0.05) is 27.6 Å². The van der Waals surface area contributed by atoms with E-state index in [1.165, 1.54) is 25.7 Å². The van der Waals surface area contributed by atoms with Gasteiger partial charge < -0.3 is 30.2 Å². The van der Waals surface area contributed by atoms with E-state index in [1.54, 1.807) is 0 Å².